The zero-order valence-corrected chi connectivity index (χ0v) is 18.2. The Bertz CT molecular complexity index is 1090. The molecule has 1 fully saturated rings. The first-order chi connectivity index (χ1) is 16.2. The van der Waals surface area contributed by atoms with Gasteiger partial charge in [0.2, 0.25) is 0 Å². The molecule has 1 amide bonds. The highest BCUT2D eigenvalue weighted by atomic mass is 19.1. The van der Waals surface area contributed by atoms with Crippen LogP contribution in [0.1, 0.15) is 17.2 Å². The molecule has 166 valence electrons. The smallest absolute Gasteiger partial charge is 0.266 e. The summed E-state index contributed by atoms with van der Waals surface area (Å²) < 4.78 is 13.2. The van der Waals surface area contributed by atoms with E-state index in [-0.39, 0.29) is 23.3 Å². The quantitative estimate of drug-likeness (QED) is 0.460. The van der Waals surface area contributed by atoms with Crippen LogP contribution in [0.25, 0.3) is 0 Å². The first kappa shape index (κ1) is 22.1. The number of rotatable bonds is 6. The third kappa shape index (κ3) is 5.39. The van der Waals surface area contributed by atoms with Gasteiger partial charge in [0.05, 0.1) is 6.04 Å². The van der Waals surface area contributed by atoms with Gasteiger partial charge in [0.25, 0.3) is 5.91 Å². The van der Waals surface area contributed by atoms with E-state index in [4.69, 9.17) is 0 Å². The molecule has 0 atom stereocenters. The predicted octanol–water partition coefficient (Wildman–Crippen LogP) is 4.26. The van der Waals surface area contributed by atoms with Crippen LogP contribution in [-0.2, 0) is 4.79 Å². The topological polar surface area (TPSA) is 59.4 Å². The standard InChI is InChI=1S/C27H25FN4O/c28-24-11-13-25(14-12-24)31-15-17-32(18-16-31)27(33)23(19-29)20-30-26(21-7-3-1-4-8-21)22-9-5-2-6-10-22/h1-14,20,26,30H,15-18H2/b23-20-. The van der Waals surface area contributed by atoms with E-state index in [1.807, 2.05) is 60.7 Å². The molecule has 0 unspecified atom stereocenters. The summed E-state index contributed by atoms with van der Waals surface area (Å²) in [6.45, 7) is 2.24. The highest BCUT2D eigenvalue weighted by molar-refractivity contribution is 5.97. The van der Waals surface area contributed by atoms with E-state index >= 15 is 0 Å². The molecule has 5 nitrogen and oxygen atoms in total. The Balaban J connectivity index is 1.45. The van der Waals surface area contributed by atoms with Crippen molar-refractivity contribution < 1.29 is 9.18 Å². The van der Waals surface area contributed by atoms with Crippen LogP contribution in [-0.4, -0.2) is 37.0 Å². The third-order valence-corrected chi connectivity index (χ3v) is 5.77. The second-order valence-electron chi connectivity index (χ2n) is 7.85. The van der Waals surface area contributed by atoms with Crippen LogP contribution >= 0.6 is 0 Å². The average Bonchev–Trinajstić information content (AvgIpc) is 2.88. The minimum Gasteiger partial charge on any atom is -0.379 e. The van der Waals surface area contributed by atoms with Gasteiger partial charge in [-0.15, -0.1) is 0 Å². The number of piperazine rings is 1. The molecule has 1 aliphatic heterocycles. The summed E-state index contributed by atoms with van der Waals surface area (Å²) in [5.41, 5.74) is 3.08. The van der Waals surface area contributed by atoms with Gasteiger partial charge in [-0.25, -0.2) is 4.39 Å². The van der Waals surface area contributed by atoms with E-state index in [0.717, 1.165) is 16.8 Å². The number of nitrogens with one attached hydrogen (secondary N) is 1. The number of nitriles is 1. The van der Waals surface area contributed by atoms with Crippen molar-refractivity contribution >= 4 is 11.6 Å². The van der Waals surface area contributed by atoms with Gasteiger partial charge in [-0.3, -0.25) is 4.79 Å². The van der Waals surface area contributed by atoms with Gasteiger partial charge in [0.1, 0.15) is 17.5 Å². The molecule has 33 heavy (non-hydrogen) atoms. The SMILES string of the molecule is N#C/C(=C/NC(c1ccccc1)c1ccccc1)C(=O)N1CCN(c2ccc(F)cc2)CC1. The summed E-state index contributed by atoms with van der Waals surface area (Å²) in [7, 11) is 0. The molecule has 0 spiro atoms. The number of hydrogen-bond acceptors (Lipinski definition) is 4. The fraction of sp³-hybridized carbons (Fsp3) is 0.185. The molecule has 1 aliphatic rings. The van der Waals surface area contributed by atoms with Gasteiger partial charge >= 0.3 is 0 Å². The molecular formula is C27H25FN4O. The second kappa shape index (κ2) is 10.5. The lowest BCUT2D eigenvalue weighted by Gasteiger charge is -2.36. The zero-order chi connectivity index (χ0) is 23.0. The van der Waals surface area contributed by atoms with E-state index in [2.05, 4.69) is 16.3 Å². The fourth-order valence-corrected chi connectivity index (χ4v) is 3.97. The number of benzene rings is 3. The second-order valence-corrected chi connectivity index (χ2v) is 7.85. The molecule has 1 saturated heterocycles. The van der Waals surface area contributed by atoms with Crippen LogP contribution in [0.2, 0.25) is 0 Å². The van der Waals surface area contributed by atoms with Crippen LogP contribution < -0.4 is 10.2 Å². The highest BCUT2D eigenvalue weighted by Crippen LogP contribution is 2.22. The summed E-state index contributed by atoms with van der Waals surface area (Å²) in [5.74, 6) is -0.559. The summed E-state index contributed by atoms with van der Waals surface area (Å²) in [6, 6.07) is 28.1. The van der Waals surface area contributed by atoms with Gasteiger partial charge in [0, 0.05) is 38.1 Å². The summed E-state index contributed by atoms with van der Waals surface area (Å²) >= 11 is 0. The van der Waals surface area contributed by atoms with Crippen molar-refractivity contribution in [2.45, 2.75) is 6.04 Å². The lowest BCUT2D eigenvalue weighted by molar-refractivity contribution is -0.127. The van der Waals surface area contributed by atoms with Crippen molar-refractivity contribution in [1.29, 1.82) is 5.26 Å². The van der Waals surface area contributed by atoms with Gasteiger partial charge in [0.15, 0.2) is 0 Å². The molecule has 0 bridgehead atoms. The van der Waals surface area contributed by atoms with Gasteiger partial charge in [-0.1, -0.05) is 60.7 Å². The predicted molar refractivity (Wildman–Crippen MR) is 127 cm³/mol. The zero-order valence-electron chi connectivity index (χ0n) is 18.2. The van der Waals surface area contributed by atoms with Crippen molar-refractivity contribution in [3.8, 4) is 6.07 Å². The molecule has 0 aliphatic carbocycles. The molecule has 3 aromatic carbocycles. The van der Waals surface area contributed by atoms with Crippen molar-refractivity contribution in [1.82, 2.24) is 10.2 Å². The van der Waals surface area contributed by atoms with E-state index in [1.54, 1.807) is 17.0 Å². The molecule has 6 heteroatoms. The van der Waals surface area contributed by atoms with Crippen LogP contribution in [0.3, 0.4) is 0 Å². The van der Waals surface area contributed by atoms with Gasteiger partial charge in [-0.2, -0.15) is 5.26 Å². The maximum Gasteiger partial charge on any atom is 0.266 e. The fourth-order valence-electron chi connectivity index (χ4n) is 3.97. The molecule has 0 saturated carbocycles. The number of carbonyl (C=O) groups excluding carboxylic acids is 1. The highest BCUT2D eigenvalue weighted by Gasteiger charge is 2.24. The number of carbonyl (C=O) groups is 1. The molecule has 1 N–H and O–H groups in total. The molecule has 0 aromatic heterocycles. The van der Waals surface area contributed by atoms with Crippen LogP contribution in [0.15, 0.2) is 96.7 Å². The van der Waals surface area contributed by atoms with E-state index in [9.17, 15) is 14.4 Å². The number of halogens is 1. The lowest BCUT2D eigenvalue weighted by atomic mass is 9.99. The Morgan fingerprint density at radius 3 is 1.94 bits per heavy atom. The van der Waals surface area contributed by atoms with Gasteiger partial charge in [-0.05, 0) is 35.4 Å². The molecule has 4 rings (SSSR count). The first-order valence-electron chi connectivity index (χ1n) is 10.9. The Morgan fingerprint density at radius 2 is 1.42 bits per heavy atom. The largest absolute Gasteiger partial charge is 0.379 e. The Labute approximate surface area is 193 Å². The summed E-state index contributed by atoms with van der Waals surface area (Å²) in [5, 5.41) is 13.0. The minimum atomic E-state index is -0.288. The number of hydrogen-bond donors (Lipinski definition) is 1. The Morgan fingerprint density at radius 1 is 0.879 bits per heavy atom. The minimum absolute atomic E-state index is 0.0714. The maximum absolute atomic E-state index is 13.2. The van der Waals surface area contributed by atoms with Crippen molar-refractivity contribution in [2.75, 3.05) is 31.1 Å². The number of nitrogens with zero attached hydrogens (tertiary/aromatic N) is 3. The molecule has 0 radical (unpaired) electrons. The van der Waals surface area contributed by atoms with Crippen LogP contribution in [0, 0.1) is 17.1 Å². The molecule has 3 aromatic rings. The lowest BCUT2D eigenvalue weighted by Crippen LogP contribution is -2.49. The third-order valence-electron chi connectivity index (χ3n) is 5.77. The normalized spacial score (nSPS) is 14.2. The first-order valence-corrected chi connectivity index (χ1v) is 10.9. The van der Waals surface area contributed by atoms with Crippen molar-refractivity contribution in [3.63, 3.8) is 0 Å². The number of amides is 1. The van der Waals surface area contributed by atoms with E-state index < -0.39 is 0 Å². The average molecular weight is 441 g/mol. The number of anilines is 1. The molecular weight excluding hydrogens is 415 g/mol. The van der Waals surface area contributed by atoms with Crippen LogP contribution in [0.4, 0.5) is 10.1 Å². The van der Waals surface area contributed by atoms with Crippen molar-refractivity contribution in [2.24, 2.45) is 0 Å². The van der Waals surface area contributed by atoms with Crippen LogP contribution in [0.5, 0.6) is 0 Å². The maximum atomic E-state index is 13.2. The molecule has 1 heterocycles. The van der Waals surface area contributed by atoms with Crippen molar-refractivity contribution in [3.05, 3.63) is 114 Å². The monoisotopic (exact) mass is 440 g/mol. The Hall–Kier alpha value is -4.11. The van der Waals surface area contributed by atoms with E-state index in [1.165, 1.54) is 18.3 Å². The summed E-state index contributed by atoms with van der Waals surface area (Å²) in [6.07, 6.45) is 1.53. The van der Waals surface area contributed by atoms with E-state index in [0.29, 0.717) is 26.2 Å². The Kier molecular flexibility index (Phi) is 7.01. The summed E-state index contributed by atoms with van der Waals surface area (Å²) in [4.78, 5) is 16.8. The van der Waals surface area contributed by atoms with Gasteiger partial charge < -0.3 is 15.1 Å².